The Hall–Kier alpha value is -3.99. The molecule has 8 nitrogen and oxygen atoms in total. The zero-order valence-electron chi connectivity index (χ0n) is 17.5. The van der Waals surface area contributed by atoms with Crippen LogP contribution in [-0.4, -0.2) is 40.0 Å². The van der Waals surface area contributed by atoms with Gasteiger partial charge in [-0.05, 0) is 43.3 Å². The number of methoxy groups -OCH3 is 1. The van der Waals surface area contributed by atoms with Crippen LogP contribution in [0.4, 0.5) is 13.2 Å². The Morgan fingerprint density at radius 3 is 2.24 bits per heavy atom. The summed E-state index contributed by atoms with van der Waals surface area (Å²) in [7, 11) is 1.25. The SMILES string of the molecule is COC(=O)c1ccc(C(=O)NN=C(C)c2[nH]nc(-c3ccc(C(F)(F)F)cc3)c2CO)cc1. The maximum absolute atomic E-state index is 12.8. The number of esters is 1. The average Bonchev–Trinajstić information content (AvgIpc) is 3.25. The lowest BCUT2D eigenvalue weighted by Gasteiger charge is -2.08. The van der Waals surface area contributed by atoms with Crippen LogP contribution in [0.3, 0.4) is 0 Å². The van der Waals surface area contributed by atoms with E-state index in [1.54, 1.807) is 6.92 Å². The maximum atomic E-state index is 12.8. The summed E-state index contributed by atoms with van der Waals surface area (Å²) in [5.74, 6) is -1.07. The van der Waals surface area contributed by atoms with E-state index in [1.807, 2.05) is 0 Å². The first-order valence-corrected chi connectivity index (χ1v) is 9.54. The summed E-state index contributed by atoms with van der Waals surface area (Å²) in [6.45, 7) is 1.10. The molecule has 3 N–H and O–H groups in total. The van der Waals surface area contributed by atoms with Crippen molar-refractivity contribution in [1.29, 1.82) is 0 Å². The van der Waals surface area contributed by atoms with E-state index >= 15 is 0 Å². The number of rotatable bonds is 6. The summed E-state index contributed by atoms with van der Waals surface area (Å²) >= 11 is 0. The van der Waals surface area contributed by atoms with Crippen molar-refractivity contribution in [3.05, 3.63) is 76.5 Å². The molecule has 0 aliphatic carbocycles. The van der Waals surface area contributed by atoms with E-state index in [0.717, 1.165) is 12.1 Å². The first-order chi connectivity index (χ1) is 15.7. The molecule has 0 atom stereocenters. The van der Waals surface area contributed by atoms with Crippen LogP contribution in [0.5, 0.6) is 0 Å². The van der Waals surface area contributed by atoms with Gasteiger partial charge in [0.15, 0.2) is 0 Å². The average molecular weight is 460 g/mol. The van der Waals surface area contributed by atoms with Gasteiger partial charge in [0.2, 0.25) is 0 Å². The van der Waals surface area contributed by atoms with Crippen LogP contribution in [0.1, 0.15) is 44.5 Å². The number of carbonyl (C=O) groups is 2. The van der Waals surface area contributed by atoms with Crippen molar-refractivity contribution in [2.45, 2.75) is 19.7 Å². The summed E-state index contributed by atoms with van der Waals surface area (Å²) in [4.78, 5) is 23.8. The number of H-pyrrole nitrogens is 1. The first kappa shape index (κ1) is 23.7. The second-order valence-corrected chi connectivity index (χ2v) is 6.87. The molecular weight excluding hydrogens is 441 g/mol. The molecule has 0 spiro atoms. The van der Waals surface area contributed by atoms with E-state index in [2.05, 4.69) is 25.5 Å². The van der Waals surface area contributed by atoms with E-state index in [4.69, 9.17) is 0 Å². The molecule has 33 heavy (non-hydrogen) atoms. The van der Waals surface area contributed by atoms with E-state index in [1.165, 1.54) is 43.5 Å². The van der Waals surface area contributed by atoms with Crippen LogP contribution in [-0.2, 0) is 17.5 Å². The lowest BCUT2D eigenvalue weighted by atomic mass is 10.0. The zero-order chi connectivity index (χ0) is 24.2. The van der Waals surface area contributed by atoms with Gasteiger partial charge in [-0.3, -0.25) is 9.89 Å². The molecule has 11 heteroatoms. The minimum Gasteiger partial charge on any atom is -0.465 e. The molecule has 1 amide bonds. The van der Waals surface area contributed by atoms with E-state index in [9.17, 15) is 27.9 Å². The molecule has 0 saturated carbocycles. The molecular formula is C22H19F3N4O4. The molecule has 0 radical (unpaired) electrons. The van der Waals surface area contributed by atoms with Crippen molar-refractivity contribution >= 4 is 17.6 Å². The third kappa shape index (κ3) is 5.26. The second kappa shape index (κ2) is 9.65. The van der Waals surface area contributed by atoms with Gasteiger partial charge < -0.3 is 9.84 Å². The molecule has 3 rings (SSSR count). The van der Waals surface area contributed by atoms with Gasteiger partial charge in [-0.25, -0.2) is 10.2 Å². The van der Waals surface area contributed by atoms with Gasteiger partial charge in [0.1, 0.15) is 0 Å². The van der Waals surface area contributed by atoms with Crippen LogP contribution >= 0.6 is 0 Å². The van der Waals surface area contributed by atoms with E-state index in [-0.39, 0.29) is 22.5 Å². The highest BCUT2D eigenvalue weighted by molar-refractivity contribution is 6.01. The molecule has 172 valence electrons. The van der Waals surface area contributed by atoms with Crippen molar-refractivity contribution in [3.8, 4) is 11.3 Å². The largest absolute Gasteiger partial charge is 0.465 e. The van der Waals surface area contributed by atoms with Crippen molar-refractivity contribution in [3.63, 3.8) is 0 Å². The van der Waals surface area contributed by atoms with Crippen molar-refractivity contribution in [1.82, 2.24) is 15.6 Å². The van der Waals surface area contributed by atoms with Crippen molar-refractivity contribution in [2.75, 3.05) is 7.11 Å². The quantitative estimate of drug-likeness (QED) is 0.296. The Labute approximate surface area is 186 Å². The van der Waals surface area contributed by atoms with Gasteiger partial charge in [0.05, 0.1) is 41.9 Å². The fraction of sp³-hybridized carbons (Fsp3) is 0.182. The normalized spacial score (nSPS) is 11.9. The van der Waals surface area contributed by atoms with Crippen LogP contribution < -0.4 is 5.43 Å². The maximum Gasteiger partial charge on any atom is 0.416 e. The third-order valence-electron chi connectivity index (χ3n) is 4.77. The van der Waals surface area contributed by atoms with Crippen LogP contribution in [0.25, 0.3) is 11.3 Å². The number of hydrazone groups is 1. The number of aliphatic hydroxyl groups excluding tert-OH is 1. The Kier molecular flexibility index (Phi) is 6.92. The topological polar surface area (TPSA) is 117 Å². The Morgan fingerprint density at radius 1 is 1.09 bits per heavy atom. The van der Waals surface area contributed by atoms with Gasteiger partial charge in [0, 0.05) is 16.7 Å². The third-order valence-corrected chi connectivity index (χ3v) is 4.77. The molecule has 1 aromatic heterocycles. The van der Waals surface area contributed by atoms with Crippen LogP contribution in [0, 0.1) is 0 Å². The highest BCUT2D eigenvalue weighted by atomic mass is 19.4. The van der Waals surface area contributed by atoms with E-state index in [0.29, 0.717) is 16.8 Å². The highest BCUT2D eigenvalue weighted by Gasteiger charge is 2.30. The number of hydrogen-bond acceptors (Lipinski definition) is 6. The number of aromatic nitrogens is 2. The summed E-state index contributed by atoms with van der Waals surface area (Å²) in [6, 6.07) is 10.1. The molecule has 0 unspecified atom stereocenters. The molecule has 0 aliphatic rings. The standard InChI is InChI=1S/C22H19F3N4O4/c1-12(26-29-20(31)14-3-5-15(6-4-14)21(32)33-2)18-17(11-30)19(28-27-18)13-7-9-16(10-8-13)22(23,24)25/h3-10,30H,11H2,1-2H3,(H,27,28)(H,29,31). The number of halogens is 3. The van der Waals surface area contributed by atoms with Gasteiger partial charge in [-0.15, -0.1) is 0 Å². The molecule has 3 aromatic rings. The predicted molar refractivity (Wildman–Crippen MR) is 112 cm³/mol. The number of ether oxygens (including phenoxy) is 1. The van der Waals surface area contributed by atoms with Gasteiger partial charge in [-0.2, -0.15) is 23.4 Å². The number of amides is 1. The fourth-order valence-electron chi connectivity index (χ4n) is 3.00. The number of aliphatic hydroxyl groups is 1. The number of nitrogens with one attached hydrogen (secondary N) is 2. The summed E-state index contributed by atoms with van der Waals surface area (Å²) in [5, 5.41) is 20.6. The Morgan fingerprint density at radius 2 is 1.70 bits per heavy atom. The number of nitrogens with zero attached hydrogens (tertiary/aromatic N) is 2. The summed E-state index contributed by atoms with van der Waals surface area (Å²) in [6.07, 6.45) is -4.46. The van der Waals surface area contributed by atoms with Crippen molar-refractivity contribution < 1.29 is 32.6 Å². The number of hydrogen-bond donors (Lipinski definition) is 3. The van der Waals surface area contributed by atoms with E-state index < -0.39 is 30.2 Å². The molecule has 0 saturated heterocycles. The van der Waals surface area contributed by atoms with Crippen LogP contribution in [0.2, 0.25) is 0 Å². The summed E-state index contributed by atoms with van der Waals surface area (Å²) < 4.78 is 43.0. The Bertz CT molecular complexity index is 1180. The molecule has 1 heterocycles. The molecule has 0 aliphatic heterocycles. The lowest BCUT2D eigenvalue weighted by molar-refractivity contribution is -0.137. The molecule has 2 aromatic carbocycles. The van der Waals surface area contributed by atoms with Gasteiger partial charge in [0.25, 0.3) is 5.91 Å². The Balaban J connectivity index is 1.78. The highest BCUT2D eigenvalue weighted by Crippen LogP contribution is 2.31. The molecule has 0 bridgehead atoms. The second-order valence-electron chi connectivity index (χ2n) is 6.87. The first-order valence-electron chi connectivity index (χ1n) is 9.54. The van der Waals surface area contributed by atoms with Crippen molar-refractivity contribution in [2.24, 2.45) is 5.10 Å². The van der Waals surface area contributed by atoms with Gasteiger partial charge >= 0.3 is 12.1 Å². The predicted octanol–water partition coefficient (Wildman–Crippen LogP) is 3.53. The van der Waals surface area contributed by atoms with Crippen LogP contribution in [0.15, 0.2) is 53.6 Å². The lowest BCUT2D eigenvalue weighted by Crippen LogP contribution is -2.20. The number of benzene rings is 2. The number of alkyl halides is 3. The summed E-state index contributed by atoms with van der Waals surface area (Å²) in [5.41, 5.74) is 3.64. The number of carbonyl (C=O) groups excluding carboxylic acids is 2. The number of aromatic amines is 1. The minimum atomic E-state index is -4.46. The fourth-order valence-corrected chi connectivity index (χ4v) is 3.00. The smallest absolute Gasteiger partial charge is 0.416 e. The monoisotopic (exact) mass is 460 g/mol. The molecule has 0 fully saturated rings. The minimum absolute atomic E-state index is 0.247. The zero-order valence-corrected chi connectivity index (χ0v) is 17.5. The van der Waals surface area contributed by atoms with Gasteiger partial charge in [-0.1, -0.05) is 12.1 Å².